The summed E-state index contributed by atoms with van der Waals surface area (Å²) in [6, 6.07) is 0. The molecule has 4 nitrogen and oxygen atoms in total. The Morgan fingerprint density at radius 3 is 2.64 bits per heavy atom. The van der Waals surface area contributed by atoms with E-state index in [1.165, 1.54) is 9.80 Å². The van der Waals surface area contributed by atoms with E-state index in [1.807, 2.05) is 0 Å². The number of rotatable bonds is 3. The van der Waals surface area contributed by atoms with Crippen LogP contribution in [0.15, 0.2) is 12.2 Å². The molecule has 14 heavy (non-hydrogen) atoms. The van der Waals surface area contributed by atoms with Gasteiger partial charge in [0.1, 0.15) is 0 Å². The Labute approximate surface area is 88.1 Å². The fourth-order valence-electron chi connectivity index (χ4n) is 1.24. The van der Waals surface area contributed by atoms with Gasteiger partial charge in [0.2, 0.25) is 0 Å². The van der Waals surface area contributed by atoms with Crippen molar-refractivity contribution in [2.24, 2.45) is 0 Å². The van der Waals surface area contributed by atoms with Crippen molar-refractivity contribution < 1.29 is 9.59 Å². The van der Waals surface area contributed by atoms with Crippen LogP contribution in [0.5, 0.6) is 0 Å². The average molecular weight is 217 g/mol. The highest BCUT2D eigenvalue weighted by molar-refractivity contribution is 6.35. The van der Waals surface area contributed by atoms with Gasteiger partial charge in [0, 0.05) is 32.6 Å². The standard InChI is InChI=1S/C9H13ClN2O2/c1-7(5-10)6-12-4-3-11(2)8(13)9(12)14/h1,3-6H2,2H3. The van der Waals surface area contributed by atoms with Crippen LogP contribution in [0.25, 0.3) is 0 Å². The summed E-state index contributed by atoms with van der Waals surface area (Å²) in [5, 5.41) is 0. The number of hydrogen-bond acceptors (Lipinski definition) is 2. The van der Waals surface area contributed by atoms with Crippen molar-refractivity contribution in [2.45, 2.75) is 0 Å². The molecule has 0 aromatic carbocycles. The van der Waals surface area contributed by atoms with Gasteiger partial charge in [-0.3, -0.25) is 9.59 Å². The lowest BCUT2D eigenvalue weighted by Gasteiger charge is -2.31. The van der Waals surface area contributed by atoms with E-state index in [2.05, 4.69) is 6.58 Å². The minimum atomic E-state index is -0.468. The van der Waals surface area contributed by atoms with E-state index >= 15 is 0 Å². The Kier molecular flexibility index (Phi) is 3.52. The number of hydrogen-bond donors (Lipinski definition) is 0. The molecule has 1 fully saturated rings. The fourth-order valence-corrected chi connectivity index (χ4v) is 1.32. The van der Waals surface area contributed by atoms with Crippen LogP contribution in [-0.4, -0.2) is 54.2 Å². The lowest BCUT2D eigenvalue weighted by atomic mass is 10.2. The fraction of sp³-hybridized carbons (Fsp3) is 0.556. The van der Waals surface area contributed by atoms with Crippen molar-refractivity contribution in [3.8, 4) is 0 Å². The molecular formula is C9H13ClN2O2. The number of alkyl halides is 1. The van der Waals surface area contributed by atoms with Crippen LogP contribution in [0.3, 0.4) is 0 Å². The van der Waals surface area contributed by atoms with Crippen molar-refractivity contribution in [1.29, 1.82) is 0 Å². The van der Waals surface area contributed by atoms with E-state index in [1.54, 1.807) is 7.05 Å². The minimum Gasteiger partial charge on any atom is -0.336 e. The largest absolute Gasteiger partial charge is 0.336 e. The molecule has 0 radical (unpaired) electrons. The SMILES string of the molecule is C=C(CCl)CN1CCN(C)C(=O)C1=O. The van der Waals surface area contributed by atoms with Gasteiger partial charge in [0.05, 0.1) is 0 Å². The lowest BCUT2D eigenvalue weighted by molar-refractivity contribution is -0.154. The second kappa shape index (κ2) is 4.46. The number of amides is 2. The van der Waals surface area contributed by atoms with Gasteiger partial charge in [-0.05, 0) is 5.57 Å². The van der Waals surface area contributed by atoms with Gasteiger partial charge in [-0.15, -0.1) is 11.6 Å². The number of likely N-dealkylation sites (N-methyl/N-ethyl adjacent to an activating group) is 1. The molecule has 78 valence electrons. The number of carbonyl (C=O) groups excluding carboxylic acids is 2. The first-order valence-corrected chi connectivity index (χ1v) is 4.86. The number of halogens is 1. The summed E-state index contributed by atoms with van der Waals surface area (Å²) in [5.74, 6) is -0.614. The normalized spacial score (nSPS) is 17.6. The third-order valence-corrected chi connectivity index (χ3v) is 2.50. The predicted octanol–water partition coefficient (Wildman–Crippen LogP) is 0.0820. The van der Waals surface area contributed by atoms with Crippen molar-refractivity contribution in [1.82, 2.24) is 9.80 Å². The summed E-state index contributed by atoms with van der Waals surface area (Å²) >= 11 is 5.55. The van der Waals surface area contributed by atoms with Crippen LogP contribution in [-0.2, 0) is 9.59 Å². The van der Waals surface area contributed by atoms with E-state index in [4.69, 9.17) is 11.6 Å². The minimum absolute atomic E-state index is 0.313. The van der Waals surface area contributed by atoms with E-state index in [0.29, 0.717) is 25.5 Å². The molecule has 0 aliphatic carbocycles. The van der Waals surface area contributed by atoms with Gasteiger partial charge < -0.3 is 9.80 Å². The smallest absolute Gasteiger partial charge is 0.312 e. The zero-order valence-electron chi connectivity index (χ0n) is 8.12. The topological polar surface area (TPSA) is 40.6 Å². The molecule has 2 amide bonds. The number of piperazine rings is 1. The molecule has 0 unspecified atom stereocenters. The van der Waals surface area contributed by atoms with Gasteiger partial charge in [0.25, 0.3) is 0 Å². The van der Waals surface area contributed by atoms with Gasteiger partial charge in [-0.2, -0.15) is 0 Å². The van der Waals surface area contributed by atoms with E-state index in [0.717, 1.165) is 5.57 Å². The third kappa shape index (κ3) is 2.26. The van der Waals surface area contributed by atoms with Crippen LogP contribution < -0.4 is 0 Å². The summed E-state index contributed by atoms with van der Waals surface area (Å²) < 4.78 is 0. The highest BCUT2D eigenvalue weighted by Crippen LogP contribution is 2.06. The Morgan fingerprint density at radius 1 is 1.43 bits per heavy atom. The predicted molar refractivity (Wildman–Crippen MR) is 54.1 cm³/mol. The maximum Gasteiger partial charge on any atom is 0.312 e. The van der Waals surface area contributed by atoms with E-state index in [9.17, 15) is 9.59 Å². The van der Waals surface area contributed by atoms with Crippen LogP contribution >= 0.6 is 11.6 Å². The molecule has 0 atom stereocenters. The molecule has 0 bridgehead atoms. The molecule has 1 heterocycles. The lowest BCUT2D eigenvalue weighted by Crippen LogP contribution is -2.53. The van der Waals surface area contributed by atoms with Gasteiger partial charge in [-0.25, -0.2) is 0 Å². The summed E-state index contributed by atoms with van der Waals surface area (Å²) in [7, 11) is 1.62. The van der Waals surface area contributed by atoms with Crippen LogP contribution in [0.1, 0.15) is 0 Å². The zero-order valence-corrected chi connectivity index (χ0v) is 8.88. The maximum absolute atomic E-state index is 11.4. The summed E-state index contributed by atoms with van der Waals surface area (Å²) in [5.41, 5.74) is 0.748. The van der Waals surface area contributed by atoms with Crippen LogP contribution in [0.4, 0.5) is 0 Å². The number of carbonyl (C=O) groups is 2. The van der Waals surface area contributed by atoms with Gasteiger partial charge in [-0.1, -0.05) is 6.58 Å². The zero-order chi connectivity index (χ0) is 10.7. The molecule has 0 N–H and O–H groups in total. The van der Waals surface area contributed by atoms with E-state index < -0.39 is 11.8 Å². The monoisotopic (exact) mass is 216 g/mol. The maximum atomic E-state index is 11.4. The third-order valence-electron chi connectivity index (χ3n) is 2.13. The van der Waals surface area contributed by atoms with Crippen molar-refractivity contribution in [3.63, 3.8) is 0 Å². The van der Waals surface area contributed by atoms with Crippen molar-refractivity contribution >= 4 is 23.4 Å². The molecule has 0 aromatic heterocycles. The molecule has 1 aliphatic rings. The van der Waals surface area contributed by atoms with Gasteiger partial charge in [0.15, 0.2) is 0 Å². The Morgan fingerprint density at radius 2 is 2.07 bits per heavy atom. The highest BCUT2D eigenvalue weighted by Gasteiger charge is 2.29. The molecule has 0 spiro atoms. The molecule has 1 rings (SSSR count). The highest BCUT2D eigenvalue weighted by atomic mass is 35.5. The molecule has 0 saturated carbocycles. The molecule has 1 saturated heterocycles. The first-order valence-electron chi connectivity index (χ1n) is 4.33. The summed E-state index contributed by atoms with van der Waals surface area (Å²) in [6.45, 7) is 5.19. The van der Waals surface area contributed by atoms with E-state index in [-0.39, 0.29) is 0 Å². The average Bonchev–Trinajstić information content (AvgIpc) is 2.19. The quantitative estimate of drug-likeness (QED) is 0.381. The van der Waals surface area contributed by atoms with Crippen LogP contribution in [0.2, 0.25) is 0 Å². The summed E-state index contributed by atoms with van der Waals surface area (Å²) in [4.78, 5) is 25.6. The van der Waals surface area contributed by atoms with Gasteiger partial charge >= 0.3 is 11.8 Å². The Hall–Kier alpha value is -1.03. The molecule has 0 aromatic rings. The molecular weight excluding hydrogens is 204 g/mol. The van der Waals surface area contributed by atoms with Crippen molar-refractivity contribution in [2.75, 3.05) is 32.6 Å². The molecule has 5 heteroatoms. The second-order valence-corrected chi connectivity index (χ2v) is 3.60. The Balaban J connectivity index is 2.60. The summed E-state index contributed by atoms with van der Waals surface area (Å²) in [6.07, 6.45) is 0. The molecule has 1 aliphatic heterocycles. The Bertz CT molecular complexity index is 278. The first kappa shape index (κ1) is 11.0. The van der Waals surface area contributed by atoms with Crippen LogP contribution in [0, 0.1) is 0 Å². The first-order chi connectivity index (χ1) is 6.56. The van der Waals surface area contributed by atoms with Crippen molar-refractivity contribution in [3.05, 3.63) is 12.2 Å². The second-order valence-electron chi connectivity index (χ2n) is 3.34. The number of nitrogens with zero attached hydrogens (tertiary/aromatic N) is 2.